The summed E-state index contributed by atoms with van der Waals surface area (Å²) in [5.74, 6) is 0.781. The van der Waals surface area contributed by atoms with Crippen molar-refractivity contribution in [3.63, 3.8) is 0 Å². The predicted molar refractivity (Wildman–Crippen MR) is 70.5 cm³/mol. The fourth-order valence-electron chi connectivity index (χ4n) is 2.14. The molecule has 5 nitrogen and oxygen atoms in total. The fraction of sp³-hybridized carbons (Fsp3) is 0.818. The van der Waals surface area contributed by atoms with Crippen LogP contribution in [0, 0.1) is 11.3 Å². The summed E-state index contributed by atoms with van der Waals surface area (Å²) in [5, 5.41) is 14.7. The summed E-state index contributed by atoms with van der Waals surface area (Å²) < 4.78 is 0. The van der Waals surface area contributed by atoms with Crippen LogP contribution in [0.5, 0.6) is 0 Å². The van der Waals surface area contributed by atoms with E-state index in [-0.39, 0.29) is 17.2 Å². The van der Waals surface area contributed by atoms with Crippen molar-refractivity contribution in [2.75, 3.05) is 26.4 Å². The van der Waals surface area contributed by atoms with Crippen LogP contribution in [0.3, 0.4) is 0 Å². The lowest BCUT2D eigenvalue weighted by molar-refractivity contribution is -0.127. The molecule has 1 amide bonds. The minimum Gasteiger partial charge on any atom is -0.411 e. The lowest BCUT2D eigenvalue weighted by Crippen LogP contribution is -2.48. The van der Waals surface area contributed by atoms with Crippen LogP contribution in [0.4, 0.5) is 0 Å². The zero-order valence-electron chi connectivity index (χ0n) is 10.8. The van der Waals surface area contributed by atoms with Gasteiger partial charge in [0.2, 0.25) is 5.91 Å². The number of rotatable bonds is 4. The van der Waals surface area contributed by atoms with E-state index in [4.69, 9.17) is 5.21 Å². The van der Waals surface area contributed by atoms with Crippen molar-refractivity contribution >= 4 is 23.9 Å². The van der Waals surface area contributed by atoms with Crippen LogP contribution in [-0.4, -0.2) is 54.0 Å². The van der Waals surface area contributed by atoms with Gasteiger partial charge in [0.05, 0.1) is 17.5 Å². The molecule has 0 saturated carbocycles. The first kappa shape index (κ1) is 14.3. The van der Waals surface area contributed by atoms with Crippen molar-refractivity contribution in [3.8, 4) is 0 Å². The Morgan fingerprint density at radius 1 is 1.71 bits per heavy atom. The summed E-state index contributed by atoms with van der Waals surface area (Å²) >= 11 is 1.78. The molecule has 0 aliphatic carbocycles. The van der Waals surface area contributed by atoms with Crippen LogP contribution in [0.1, 0.15) is 13.8 Å². The zero-order chi connectivity index (χ0) is 13.1. The SMILES string of the molecule is CNC(=O)C(C1SCCN1C)C(C)(C)C=NO. The maximum atomic E-state index is 12.1. The number of hydrogen-bond acceptors (Lipinski definition) is 5. The standard InChI is InChI=1S/C11H21N3O2S/c1-11(2,7-13-16)8(9(15)12-3)10-14(4)5-6-17-10/h7-8,10,16H,5-6H2,1-4H3,(H,12,15). The van der Waals surface area contributed by atoms with E-state index in [1.54, 1.807) is 18.8 Å². The molecule has 0 bridgehead atoms. The minimum atomic E-state index is -0.481. The quantitative estimate of drug-likeness (QED) is 0.446. The van der Waals surface area contributed by atoms with Gasteiger partial charge in [-0.25, -0.2) is 0 Å². The number of amides is 1. The summed E-state index contributed by atoms with van der Waals surface area (Å²) in [4.78, 5) is 14.2. The van der Waals surface area contributed by atoms with E-state index in [1.165, 1.54) is 6.21 Å². The summed E-state index contributed by atoms with van der Waals surface area (Å²) in [6.45, 7) is 4.81. The number of carbonyl (C=O) groups excluding carboxylic acids is 1. The van der Waals surface area contributed by atoms with E-state index in [1.807, 2.05) is 20.9 Å². The molecule has 0 aromatic heterocycles. The molecule has 1 saturated heterocycles. The van der Waals surface area contributed by atoms with Crippen LogP contribution in [0.15, 0.2) is 5.16 Å². The average molecular weight is 259 g/mol. The lowest BCUT2D eigenvalue weighted by atomic mass is 9.78. The molecule has 6 heteroatoms. The zero-order valence-corrected chi connectivity index (χ0v) is 11.6. The van der Waals surface area contributed by atoms with Gasteiger partial charge in [-0.3, -0.25) is 9.69 Å². The highest BCUT2D eigenvalue weighted by molar-refractivity contribution is 8.00. The Bertz CT molecular complexity index is 307. The highest BCUT2D eigenvalue weighted by Crippen LogP contribution is 2.38. The van der Waals surface area contributed by atoms with Crippen LogP contribution in [-0.2, 0) is 4.79 Å². The molecule has 1 rings (SSSR count). The van der Waals surface area contributed by atoms with Crippen molar-refractivity contribution in [1.29, 1.82) is 0 Å². The normalized spacial score (nSPS) is 24.1. The van der Waals surface area contributed by atoms with E-state index in [0.29, 0.717) is 0 Å². The van der Waals surface area contributed by atoms with Gasteiger partial charge in [-0.2, -0.15) is 0 Å². The van der Waals surface area contributed by atoms with Gasteiger partial charge < -0.3 is 10.5 Å². The fourth-order valence-corrected chi connectivity index (χ4v) is 3.80. The highest BCUT2D eigenvalue weighted by Gasteiger charge is 2.43. The maximum absolute atomic E-state index is 12.1. The first-order valence-electron chi connectivity index (χ1n) is 5.66. The van der Waals surface area contributed by atoms with Gasteiger partial charge in [-0.05, 0) is 7.05 Å². The van der Waals surface area contributed by atoms with Gasteiger partial charge in [0, 0.05) is 24.8 Å². The number of nitrogens with one attached hydrogen (secondary N) is 1. The molecule has 98 valence electrons. The first-order valence-corrected chi connectivity index (χ1v) is 6.71. The Balaban J connectivity index is 2.99. The smallest absolute Gasteiger partial charge is 0.226 e. The molecule has 2 unspecified atom stereocenters. The summed E-state index contributed by atoms with van der Waals surface area (Å²) in [6.07, 6.45) is 1.44. The number of carbonyl (C=O) groups is 1. The number of nitrogens with zero attached hydrogens (tertiary/aromatic N) is 2. The second-order valence-electron chi connectivity index (χ2n) is 4.90. The number of oxime groups is 1. The monoisotopic (exact) mass is 259 g/mol. The molecule has 1 fully saturated rings. The Hall–Kier alpha value is -0.750. The summed E-state index contributed by atoms with van der Waals surface area (Å²) in [6, 6.07) is 0. The van der Waals surface area contributed by atoms with Crippen LogP contribution in [0.25, 0.3) is 0 Å². The van der Waals surface area contributed by atoms with Crippen molar-refractivity contribution in [3.05, 3.63) is 0 Å². The predicted octanol–water partition coefficient (Wildman–Crippen LogP) is 0.839. The van der Waals surface area contributed by atoms with Gasteiger partial charge in [0.25, 0.3) is 0 Å². The largest absolute Gasteiger partial charge is 0.411 e. The van der Waals surface area contributed by atoms with Gasteiger partial charge in [-0.1, -0.05) is 13.8 Å². The van der Waals surface area contributed by atoms with E-state index in [2.05, 4.69) is 15.4 Å². The van der Waals surface area contributed by atoms with E-state index < -0.39 is 5.41 Å². The second-order valence-corrected chi connectivity index (χ2v) is 6.12. The first-order chi connectivity index (χ1) is 7.94. The van der Waals surface area contributed by atoms with Gasteiger partial charge in [0.1, 0.15) is 0 Å². The minimum absolute atomic E-state index is 0.0128. The van der Waals surface area contributed by atoms with Gasteiger partial charge >= 0.3 is 0 Å². The molecule has 0 aromatic rings. The molecule has 2 atom stereocenters. The number of thioether (sulfide) groups is 1. The van der Waals surface area contributed by atoms with Crippen LogP contribution in [0.2, 0.25) is 0 Å². The molecule has 0 spiro atoms. The molecular formula is C11H21N3O2S. The maximum Gasteiger partial charge on any atom is 0.226 e. The Morgan fingerprint density at radius 2 is 2.35 bits per heavy atom. The van der Waals surface area contributed by atoms with Gasteiger partial charge in [-0.15, -0.1) is 16.9 Å². The highest BCUT2D eigenvalue weighted by atomic mass is 32.2. The molecule has 1 aliphatic rings. The van der Waals surface area contributed by atoms with E-state index in [9.17, 15) is 4.79 Å². The third kappa shape index (κ3) is 3.13. The van der Waals surface area contributed by atoms with Gasteiger partial charge in [0.15, 0.2) is 0 Å². The molecule has 1 heterocycles. The summed E-state index contributed by atoms with van der Waals surface area (Å²) in [5.41, 5.74) is -0.481. The molecule has 0 aromatic carbocycles. The van der Waals surface area contributed by atoms with Crippen molar-refractivity contribution in [1.82, 2.24) is 10.2 Å². The average Bonchev–Trinajstić information content (AvgIpc) is 2.64. The lowest BCUT2D eigenvalue weighted by Gasteiger charge is -2.36. The molecule has 1 aliphatic heterocycles. The summed E-state index contributed by atoms with van der Waals surface area (Å²) in [7, 11) is 3.66. The van der Waals surface area contributed by atoms with Crippen LogP contribution >= 0.6 is 11.8 Å². The van der Waals surface area contributed by atoms with Crippen LogP contribution < -0.4 is 5.32 Å². The Labute approximate surface area is 107 Å². The Morgan fingerprint density at radius 3 is 2.76 bits per heavy atom. The second kappa shape index (κ2) is 5.73. The molecule has 17 heavy (non-hydrogen) atoms. The van der Waals surface area contributed by atoms with E-state index in [0.717, 1.165) is 12.3 Å². The third-order valence-electron chi connectivity index (χ3n) is 3.17. The molecule has 0 radical (unpaired) electrons. The third-order valence-corrected chi connectivity index (χ3v) is 4.56. The molecule has 2 N–H and O–H groups in total. The van der Waals surface area contributed by atoms with Crippen molar-refractivity contribution < 1.29 is 10.0 Å². The molecular weight excluding hydrogens is 238 g/mol. The number of hydrogen-bond donors (Lipinski definition) is 2. The topological polar surface area (TPSA) is 64.9 Å². The van der Waals surface area contributed by atoms with E-state index >= 15 is 0 Å². The van der Waals surface area contributed by atoms with Crippen molar-refractivity contribution in [2.45, 2.75) is 19.2 Å². The Kier molecular flexibility index (Phi) is 4.82. The van der Waals surface area contributed by atoms with Crippen molar-refractivity contribution in [2.24, 2.45) is 16.5 Å².